The Morgan fingerprint density at radius 1 is 1.38 bits per heavy atom. The van der Waals surface area contributed by atoms with E-state index in [0.29, 0.717) is 6.04 Å². The van der Waals surface area contributed by atoms with Crippen molar-refractivity contribution in [2.75, 3.05) is 0 Å². The fourth-order valence-electron chi connectivity index (χ4n) is 0.942. The van der Waals surface area contributed by atoms with Crippen LogP contribution in [0.15, 0.2) is 18.7 Å². The predicted octanol–water partition coefficient (Wildman–Crippen LogP) is 2.37. The minimum absolute atomic E-state index is 0.0417. The van der Waals surface area contributed by atoms with Gasteiger partial charge in [0.15, 0.2) is 0 Å². The van der Waals surface area contributed by atoms with Crippen LogP contribution in [0, 0.1) is 5.92 Å². The van der Waals surface area contributed by atoms with E-state index >= 15 is 0 Å². The van der Waals surface area contributed by atoms with Crippen LogP contribution < -0.4 is 5.73 Å². The molecule has 0 aromatic carbocycles. The van der Waals surface area contributed by atoms with Crippen LogP contribution in [0.3, 0.4) is 0 Å². The second-order valence-electron chi connectivity index (χ2n) is 3.98. The van der Waals surface area contributed by atoms with Crippen LogP contribution in [0.2, 0.25) is 0 Å². The minimum atomic E-state index is -0.206. The maximum atomic E-state index is 10.2. The Morgan fingerprint density at radius 2 is 2.00 bits per heavy atom. The summed E-state index contributed by atoms with van der Waals surface area (Å²) in [5, 5.41) is 0. The van der Waals surface area contributed by atoms with Crippen LogP contribution in [-0.4, -0.2) is 15.5 Å². The maximum absolute atomic E-state index is 10.2. The molecular weight excluding hydrogens is 202 g/mol. The summed E-state index contributed by atoms with van der Waals surface area (Å²) >= 11 is 0. The number of rotatable bonds is 4. The standard InChI is InChI=1S/C7H12N2.C5H11NO/c1-3-7(2)9-5-4-8-6-9;1-3-4(2)5(6)7/h4-7H,3H2,1-2H3;4H,3H2,1-2H3,(H2,6,7). The van der Waals surface area contributed by atoms with Crippen molar-refractivity contribution in [1.82, 2.24) is 9.55 Å². The lowest BCUT2D eigenvalue weighted by Crippen LogP contribution is -2.19. The second-order valence-corrected chi connectivity index (χ2v) is 3.98. The summed E-state index contributed by atoms with van der Waals surface area (Å²) in [5.41, 5.74) is 4.91. The molecule has 0 aliphatic carbocycles. The Morgan fingerprint density at radius 3 is 2.25 bits per heavy atom. The first-order valence-electron chi connectivity index (χ1n) is 5.79. The number of imidazole rings is 1. The topological polar surface area (TPSA) is 60.9 Å². The van der Waals surface area contributed by atoms with Crippen LogP contribution in [0.4, 0.5) is 0 Å². The Kier molecular flexibility index (Phi) is 7.25. The highest BCUT2D eigenvalue weighted by atomic mass is 16.1. The Balaban J connectivity index is 0.000000293. The summed E-state index contributed by atoms with van der Waals surface area (Å²) in [7, 11) is 0. The molecule has 0 aliphatic heterocycles. The van der Waals surface area contributed by atoms with Gasteiger partial charge in [0.05, 0.1) is 6.33 Å². The molecule has 1 heterocycles. The summed E-state index contributed by atoms with van der Waals surface area (Å²) in [6, 6.07) is 0.590. The third kappa shape index (κ3) is 5.53. The first-order chi connectivity index (χ1) is 7.52. The Bertz CT molecular complexity index is 282. The van der Waals surface area contributed by atoms with E-state index in [1.165, 1.54) is 0 Å². The molecule has 1 rings (SSSR count). The zero-order valence-electron chi connectivity index (χ0n) is 10.7. The predicted molar refractivity (Wildman–Crippen MR) is 65.9 cm³/mol. The number of aromatic nitrogens is 2. The zero-order chi connectivity index (χ0) is 12.6. The quantitative estimate of drug-likeness (QED) is 0.855. The summed E-state index contributed by atoms with van der Waals surface area (Å²) < 4.78 is 2.11. The van der Waals surface area contributed by atoms with Crippen LogP contribution in [0.1, 0.15) is 46.6 Å². The molecule has 0 fully saturated rings. The summed E-state index contributed by atoms with van der Waals surface area (Å²) in [5.74, 6) is -0.164. The van der Waals surface area contributed by atoms with Crippen LogP contribution in [0.5, 0.6) is 0 Å². The van der Waals surface area contributed by atoms with Gasteiger partial charge in [-0.05, 0) is 19.8 Å². The molecule has 1 amide bonds. The van der Waals surface area contributed by atoms with E-state index in [2.05, 4.69) is 23.4 Å². The highest BCUT2D eigenvalue weighted by Crippen LogP contribution is 2.06. The molecule has 0 radical (unpaired) electrons. The first-order valence-corrected chi connectivity index (χ1v) is 5.79. The van der Waals surface area contributed by atoms with Gasteiger partial charge in [0.2, 0.25) is 5.91 Å². The largest absolute Gasteiger partial charge is 0.369 e. The number of nitrogens with two attached hydrogens (primary N) is 1. The van der Waals surface area contributed by atoms with Crippen molar-refractivity contribution in [3.63, 3.8) is 0 Å². The van der Waals surface area contributed by atoms with Crippen LogP contribution >= 0.6 is 0 Å². The van der Waals surface area contributed by atoms with E-state index in [0.717, 1.165) is 12.8 Å². The lowest BCUT2D eigenvalue weighted by molar-refractivity contribution is -0.121. The van der Waals surface area contributed by atoms with Crippen LogP contribution in [-0.2, 0) is 4.79 Å². The van der Waals surface area contributed by atoms with Gasteiger partial charge in [-0.2, -0.15) is 0 Å². The summed E-state index contributed by atoms with van der Waals surface area (Å²) in [4.78, 5) is 14.1. The van der Waals surface area contributed by atoms with E-state index in [-0.39, 0.29) is 11.8 Å². The van der Waals surface area contributed by atoms with E-state index in [1.54, 1.807) is 0 Å². The molecule has 0 aliphatic rings. The highest BCUT2D eigenvalue weighted by Gasteiger charge is 2.02. The van der Waals surface area contributed by atoms with Gasteiger partial charge in [0.1, 0.15) is 0 Å². The van der Waals surface area contributed by atoms with E-state index in [4.69, 9.17) is 5.73 Å². The first kappa shape index (κ1) is 14.7. The van der Waals surface area contributed by atoms with Gasteiger partial charge in [-0.25, -0.2) is 4.98 Å². The molecule has 92 valence electrons. The van der Waals surface area contributed by atoms with Gasteiger partial charge in [-0.15, -0.1) is 0 Å². The second kappa shape index (κ2) is 7.91. The van der Waals surface area contributed by atoms with Crippen molar-refractivity contribution in [3.05, 3.63) is 18.7 Å². The third-order valence-electron chi connectivity index (χ3n) is 2.72. The van der Waals surface area contributed by atoms with Gasteiger partial charge in [0, 0.05) is 24.4 Å². The van der Waals surface area contributed by atoms with Crippen molar-refractivity contribution in [2.45, 2.75) is 46.6 Å². The third-order valence-corrected chi connectivity index (χ3v) is 2.72. The molecule has 2 atom stereocenters. The smallest absolute Gasteiger partial charge is 0.220 e. The number of amides is 1. The molecule has 2 unspecified atom stereocenters. The number of carbonyl (C=O) groups excluding carboxylic acids is 1. The average molecular weight is 225 g/mol. The lowest BCUT2D eigenvalue weighted by atomic mass is 10.1. The number of carbonyl (C=O) groups is 1. The van der Waals surface area contributed by atoms with Gasteiger partial charge < -0.3 is 10.3 Å². The summed E-state index contributed by atoms with van der Waals surface area (Å²) in [6.07, 6.45) is 7.67. The molecule has 1 aromatic heterocycles. The number of nitrogens with zero attached hydrogens (tertiary/aromatic N) is 2. The van der Waals surface area contributed by atoms with Gasteiger partial charge in [-0.3, -0.25) is 4.79 Å². The highest BCUT2D eigenvalue weighted by molar-refractivity contribution is 5.76. The summed E-state index contributed by atoms with van der Waals surface area (Å²) in [6.45, 7) is 8.12. The van der Waals surface area contributed by atoms with Crippen molar-refractivity contribution in [2.24, 2.45) is 11.7 Å². The Labute approximate surface area is 97.9 Å². The molecule has 0 saturated heterocycles. The molecule has 0 bridgehead atoms. The molecule has 0 spiro atoms. The molecule has 4 heteroatoms. The van der Waals surface area contributed by atoms with Crippen molar-refractivity contribution in [3.8, 4) is 0 Å². The van der Waals surface area contributed by atoms with E-state index < -0.39 is 0 Å². The van der Waals surface area contributed by atoms with Crippen LogP contribution in [0.25, 0.3) is 0 Å². The molecule has 1 aromatic rings. The number of hydrogen-bond acceptors (Lipinski definition) is 2. The normalized spacial score (nSPS) is 13.5. The van der Waals surface area contributed by atoms with Gasteiger partial charge in [-0.1, -0.05) is 20.8 Å². The fraction of sp³-hybridized carbons (Fsp3) is 0.667. The molecule has 4 nitrogen and oxygen atoms in total. The minimum Gasteiger partial charge on any atom is -0.369 e. The fourth-order valence-corrected chi connectivity index (χ4v) is 0.942. The van der Waals surface area contributed by atoms with Crippen molar-refractivity contribution >= 4 is 5.91 Å². The number of primary amides is 1. The lowest BCUT2D eigenvalue weighted by Gasteiger charge is -2.07. The molecule has 16 heavy (non-hydrogen) atoms. The SMILES string of the molecule is CCC(C)C(N)=O.CCC(C)n1ccnc1. The van der Waals surface area contributed by atoms with Gasteiger partial charge >= 0.3 is 0 Å². The average Bonchev–Trinajstić information content (AvgIpc) is 2.81. The number of hydrogen-bond donors (Lipinski definition) is 1. The van der Waals surface area contributed by atoms with Crippen molar-refractivity contribution < 1.29 is 4.79 Å². The molecule has 2 N–H and O–H groups in total. The van der Waals surface area contributed by atoms with E-state index in [1.807, 2.05) is 32.6 Å². The van der Waals surface area contributed by atoms with Crippen molar-refractivity contribution in [1.29, 1.82) is 0 Å². The molecular formula is C12H23N3O. The van der Waals surface area contributed by atoms with E-state index in [9.17, 15) is 4.79 Å². The Hall–Kier alpha value is -1.32. The monoisotopic (exact) mass is 225 g/mol. The molecule has 0 saturated carbocycles. The zero-order valence-corrected chi connectivity index (χ0v) is 10.7. The maximum Gasteiger partial charge on any atom is 0.220 e. The van der Waals surface area contributed by atoms with Gasteiger partial charge in [0.25, 0.3) is 0 Å².